The zero-order valence-corrected chi connectivity index (χ0v) is 13.4. The van der Waals surface area contributed by atoms with E-state index in [2.05, 4.69) is 46.7 Å². The molecule has 1 aliphatic rings. The number of carbonyl (C=O) groups is 1. The van der Waals surface area contributed by atoms with Gasteiger partial charge in [-0.3, -0.25) is 4.79 Å². The summed E-state index contributed by atoms with van der Waals surface area (Å²) in [5, 5.41) is 12.4. The van der Waals surface area contributed by atoms with Crippen molar-refractivity contribution in [1.82, 2.24) is 10.2 Å². The third-order valence-corrected chi connectivity index (χ3v) is 4.58. The maximum absolute atomic E-state index is 12.0. The first-order chi connectivity index (χ1) is 10.7. The number of nitrogens with one attached hydrogen (secondary N) is 1. The van der Waals surface area contributed by atoms with Crippen LogP contribution < -0.4 is 5.32 Å². The van der Waals surface area contributed by atoms with E-state index in [9.17, 15) is 4.79 Å². The van der Waals surface area contributed by atoms with Crippen LogP contribution in [0, 0.1) is 6.92 Å². The van der Waals surface area contributed by atoms with Crippen LogP contribution in [0.25, 0.3) is 0 Å². The van der Waals surface area contributed by atoms with Gasteiger partial charge in [-0.15, -0.1) is 10.2 Å². The largest absolute Gasteiger partial charge is 0.371 e. The van der Waals surface area contributed by atoms with Crippen LogP contribution >= 0.6 is 11.3 Å². The molecule has 1 N–H and O–H groups in total. The van der Waals surface area contributed by atoms with Crippen molar-refractivity contribution in [3.63, 3.8) is 0 Å². The number of anilines is 1. The van der Waals surface area contributed by atoms with Gasteiger partial charge in [0.1, 0.15) is 11.1 Å². The standard InChI is InChI=1S/C16H19N3O2S/c1-11-4-6-12(7-5-11)8-9-14(20)17-16-19-18-15(22-16)13-3-2-10-21-13/h4-7,13H,2-3,8-10H2,1H3,(H,17,19,20)/t13-/m1/s1. The maximum Gasteiger partial charge on any atom is 0.226 e. The Bertz CT molecular complexity index is 633. The van der Waals surface area contributed by atoms with Crippen LogP contribution in [0.2, 0.25) is 0 Å². The number of rotatable bonds is 5. The number of hydrogen-bond donors (Lipinski definition) is 1. The summed E-state index contributed by atoms with van der Waals surface area (Å²) in [6.45, 7) is 2.83. The molecule has 0 bridgehead atoms. The molecule has 6 heteroatoms. The number of aromatic nitrogens is 2. The Morgan fingerprint density at radius 1 is 1.36 bits per heavy atom. The highest BCUT2D eigenvalue weighted by molar-refractivity contribution is 7.15. The summed E-state index contributed by atoms with van der Waals surface area (Å²) in [7, 11) is 0. The van der Waals surface area contributed by atoms with Crippen molar-refractivity contribution < 1.29 is 9.53 Å². The minimum Gasteiger partial charge on any atom is -0.371 e. The van der Waals surface area contributed by atoms with Gasteiger partial charge in [-0.2, -0.15) is 0 Å². The molecule has 1 atom stereocenters. The van der Waals surface area contributed by atoms with Crippen molar-refractivity contribution in [3.05, 3.63) is 40.4 Å². The summed E-state index contributed by atoms with van der Waals surface area (Å²) in [5.41, 5.74) is 2.39. The normalized spacial score (nSPS) is 17.6. The molecule has 1 aromatic heterocycles. The summed E-state index contributed by atoms with van der Waals surface area (Å²) in [5.74, 6) is -0.0318. The predicted octanol–water partition coefficient (Wildman–Crippen LogP) is 3.27. The van der Waals surface area contributed by atoms with E-state index in [1.54, 1.807) is 0 Å². The molecule has 0 aliphatic carbocycles. The van der Waals surface area contributed by atoms with E-state index in [1.807, 2.05) is 0 Å². The Morgan fingerprint density at radius 2 is 2.18 bits per heavy atom. The lowest BCUT2D eigenvalue weighted by atomic mass is 10.1. The Morgan fingerprint density at radius 3 is 2.91 bits per heavy atom. The summed E-state index contributed by atoms with van der Waals surface area (Å²) >= 11 is 1.40. The zero-order valence-electron chi connectivity index (χ0n) is 12.5. The van der Waals surface area contributed by atoms with Crippen molar-refractivity contribution in [2.75, 3.05) is 11.9 Å². The predicted molar refractivity (Wildman–Crippen MR) is 86.0 cm³/mol. The van der Waals surface area contributed by atoms with Gasteiger partial charge in [-0.05, 0) is 31.7 Å². The van der Waals surface area contributed by atoms with Crippen LogP contribution in [0.4, 0.5) is 5.13 Å². The van der Waals surface area contributed by atoms with E-state index in [0.29, 0.717) is 11.6 Å². The molecule has 1 amide bonds. The first-order valence-electron chi connectivity index (χ1n) is 7.51. The Kier molecular flexibility index (Phi) is 4.80. The Hall–Kier alpha value is -1.79. The Labute approximate surface area is 133 Å². The number of amides is 1. The average molecular weight is 317 g/mol. The van der Waals surface area contributed by atoms with E-state index in [0.717, 1.165) is 36.4 Å². The minimum atomic E-state index is -0.0318. The molecule has 116 valence electrons. The fourth-order valence-corrected chi connectivity index (χ4v) is 3.23. The average Bonchev–Trinajstić information content (AvgIpc) is 3.17. The van der Waals surface area contributed by atoms with Gasteiger partial charge >= 0.3 is 0 Å². The molecule has 1 aromatic carbocycles. The van der Waals surface area contributed by atoms with Crippen LogP contribution in [0.15, 0.2) is 24.3 Å². The van der Waals surface area contributed by atoms with Gasteiger partial charge in [-0.1, -0.05) is 41.2 Å². The highest BCUT2D eigenvalue weighted by Crippen LogP contribution is 2.31. The fraction of sp³-hybridized carbons (Fsp3) is 0.438. The van der Waals surface area contributed by atoms with Crippen molar-refractivity contribution in [2.24, 2.45) is 0 Å². The molecule has 2 heterocycles. The van der Waals surface area contributed by atoms with Gasteiger partial charge in [0.25, 0.3) is 0 Å². The molecule has 1 fully saturated rings. The number of hydrogen-bond acceptors (Lipinski definition) is 5. The van der Waals surface area contributed by atoms with Gasteiger partial charge in [0.15, 0.2) is 0 Å². The molecule has 3 rings (SSSR count). The molecule has 0 radical (unpaired) electrons. The molecule has 0 saturated carbocycles. The summed E-state index contributed by atoms with van der Waals surface area (Å²) < 4.78 is 5.57. The third-order valence-electron chi connectivity index (χ3n) is 3.65. The molecule has 22 heavy (non-hydrogen) atoms. The highest BCUT2D eigenvalue weighted by atomic mass is 32.1. The van der Waals surface area contributed by atoms with Gasteiger partial charge in [-0.25, -0.2) is 0 Å². The van der Waals surface area contributed by atoms with Crippen LogP contribution in [-0.2, 0) is 16.0 Å². The van der Waals surface area contributed by atoms with Crippen molar-refractivity contribution in [3.8, 4) is 0 Å². The molecule has 0 unspecified atom stereocenters. The van der Waals surface area contributed by atoms with Crippen LogP contribution in [-0.4, -0.2) is 22.7 Å². The number of nitrogens with zero attached hydrogens (tertiary/aromatic N) is 2. The lowest BCUT2D eigenvalue weighted by Gasteiger charge is -2.03. The van der Waals surface area contributed by atoms with E-state index in [-0.39, 0.29) is 12.0 Å². The Balaban J connectivity index is 1.50. The van der Waals surface area contributed by atoms with Crippen molar-refractivity contribution in [2.45, 2.75) is 38.7 Å². The van der Waals surface area contributed by atoms with Crippen LogP contribution in [0.1, 0.15) is 41.5 Å². The van der Waals surface area contributed by atoms with Crippen LogP contribution in [0.3, 0.4) is 0 Å². The summed E-state index contributed by atoms with van der Waals surface area (Å²) in [6, 6.07) is 8.24. The quantitative estimate of drug-likeness (QED) is 0.919. The van der Waals surface area contributed by atoms with Gasteiger partial charge in [0, 0.05) is 13.0 Å². The second-order valence-corrected chi connectivity index (χ2v) is 6.49. The van der Waals surface area contributed by atoms with Crippen molar-refractivity contribution in [1.29, 1.82) is 0 Å². The van der Waals surface area contributed by atoms with E-state index in [4.69, 9.17) is 4.74 Å². The molecular weight excluding hydrogens is 298 g/mol. The second-order valence-electron chi connectivity index (χ2n) is 5.48. The van der Waals surface area contributed by atoms with Crippen molar-refractivity contribution >= 4 is 22.4 Å². The number of ether oxygens (including phenoxy) is 1. The minimum absolute atomic E-state index is 0.0318. The second kappa shape index (κ2) is 6.98. The fourth-order valence-electron chi connectivity index (χ4n) is 2.38. The molecule has 1 aliphatic heterocycles. The topological polar surface area (TPSA) is 64.1 Å². The maximum atomic E-state index is 12.0. The highest BCUT2D eigenvalue weighted by Gasteiger charge is 2.22. The van der Waals surface area contributed by atoms with Gasteiger partial charge in [0.05, 0.1) is 0 Å². The van der Waals surface area contributed by atoms with E-state index >= 15 is 0 Å². The molecular formula is C16H19N3O2S. The van der Waals surface area contributed by atoms with Gasteiger partial charge < -0.3 is 10.1 Å². The SMILES string of the molecule is Cc1ccc(CCC(=O)Nc2nnc([C@H]3CCCO3)s2)cc1. The van der Waals surface area contributed by atoms with Gasteiger partial charge in [0.2, 0.25) is 11.0 Å². The van der Waals surface area contributed by atoms with E-state index in [1.165, 1.54) is 16.9 Å². The first-order valence-corrected chi connectivity index (χ1v) is 8.33. The monoisotopic (exact) mass is 317 g/mol. The summed E-state index contributed by atoms with van der Waals surface area (Å²) in [6.07, 6.45) is 3.26. The lowest BCUT2D eigenvalue weighted by Crippen LogP contribution is -2.12. The van der Waals surface area contributed by atoms with E-state index < -0.39 is 0 Å². The smallest absolute Gasteiger partial charge is 0.226 e. The first kappa shape index (κ1) is 15.1. The molecule has 0 spiro atoms. The zero-order chi connectivity index (χ0) is 15.4. The summed E-state index contributed by atoms with van der Waals surface area (Å²) in [4.78, 5) is 12.0. The lowest BCUT2D eigenvalue weighted by molar-refractivity contribution is -0.116. The number of carbonyl (C=O) groups excluding carboxylic acids is 1. The number of aryl methyl sites for hydroxylation is 2. The van der Waals surface area contributed by atoms with Crippen LogP contribution in [0.5, 0.6) is 0 Å². The third kappa shape index (κ3) is 3.90. The molecule has 1 saturated heterocycles. The number of benzene rings is 1. The molecule has 5 nitrogen and oxygen atoms in total. The molecule has 2 aromatic rings.